The van der Waals surface area contributed by atoms with Crippen molar-refractivity contribution in [2.24, 2.45) is 0 Å². The van der Waals surface area contributed by atoms with Crippen LogP contribution in [0.25, 0.3) is 0 Å². The van der Waals surface area contributed by atoms with Crippen LogP contribution in [0.4, 0.5) is 0 Å². The van der Waals surface area contributed by atoms with Crippen LogP contribution in [0.1, 0.15) is 37.0 Å². The van der Waals surface area contributed by atoms with Crippen molar-refractivity contribution in [3.63, 3.8) is 0 Å². The number of aliphatic carboxylic acids is 1. The third kappa shape index (κ3) is 5.27. The van der Waals surface area contributed by atoms with Gasteiger partial charge in [-0.15, -0.1) is 0 Å². The third-order valence-electron chi connectivity index (χ3n) is 2.96. The topological polar surface area (TPSA) is 76.1 Å². The van der Waals surface area contributed by atoms with Gasteiger partial charge in [-0.1, -0.05) is 6.92 Å². The van der Waals surface area contributed by atoms with Gasteiger partial charge >= 0.3 is 5.97 Å². The van der Waals surface area contributed by atoms with Gasteiger partial charge in [0.05, 0.1) is 19.6 Å². The van der Waals surface area contributed by atoms with Crippen LogP contribution in [0.15, 0.2) is 18.2 Å². The molecule has 0 atom stereocenters. The normalized spacial score (nSPS) is 10.1. The van der Waals surface area contributed by atoms with E-state index in [1.165, 1.54) is 4.90 Å². The Morgan fingerprint density at radius 3 is 2.50 bits per heavy atom. The van der Waals surface area contributed by atoms with E-state index in [0.29, 0.717) is 30.3 Å². The summed E-state index contributed by atoms with van der Waals surface area (Å²) in [6.07, 6.45) is 0.794. The molecule has 0 spiro atoms. The van der Waals surface area contributed by atoms with E-state index in [0.717, 1.165) is 6.42 Å². The van der Waals surface area contributed by atoms with Gasteiger partial charge in [0.15, 0.2) is 11.5 Å². The summed E-state index contributed by atoms with van der Waals surface area (Å²) in [7, 11) is 1.58. The summed E-state index contributed by atoms with van der Waals surface area (Å²) in [4.78, 5) is 24.2. The van der Waals surface area contributed by atoms with Crippen molar-refractivity contribution in [3.8, 4) is 11.5 Å². The molecule has 22 heavy (non-hydrogen) atoms. The predicted molar refractivity (Wildman–Crippen MR) is 82.6 cm³/mol. The lowest BCUT2D eigenvalue weighted by molar-refractivity contribution is -0.137. The van der Waals surface area contributed by atoms with E-state index in [2.05, 4.69) is 0 Å². The lowest BCUT2D eigenvalue weighted by atomic mass is 10.1. The van der Waals surface area contributed by atoms with Gasteiger partial charge in [0.1, 0.15) is 0 Å². The van der Waals surface area contributed by atoms with Crippen molar-refractivity contribution >= 4 is 11.9 Å². The van der Waals surface area contributed by atoms with E-state index in [9.17, 15) is 9.59 Å². The van der Waals surface area contributed by atoms with Crippen LogP contribution in [0.2, 0.25) is 0 Å². The second-order valence-electron chi connectivity index (χ2n) is 4.81. The quantitative estimate of drug-likeness (QED) is 0.758. The van der Waals surface area contributed by atoms with Crippen molar-refractivity contribution in [2.75, 3.05) is 26.8 Å². The monoisotopic (exact) mass is 309 g/mol. The summed E-state index contributed by atoms with van der Waals surface area (Å²) in [6.45, 7) is 5.07. The first-order chi connectivity index (χ1) is 10.5. The van der Waals surface area contributed by atoms with Gasteiger partial charge in [-0.2, -0.15) is 0 Å². The molecule has 0 saturated carbocycles. The highest BCUT2D eigenvalue weighted by atomic mass is 16.5. The number of rotatable bonds is 9. The van der Waals surface area contributed by atoms with Gasteiger partial charge in [-0.3, -0.25) is 9.59 Å². The molecule has 0 aromatic heterocycles. The SMILES string of the molecule is CCCOc1ccc(C(=O)N(C)CCC(=O)O)cc1OCC. The molecule has 1 rings (SSSR count). The van der Waals surface area contributed by atoms with Gasteiger partial charge in [-0.25, -0.2) is 0 Å². The lowest BCUT2D eigenvalue weighted by Crippen LogP contribution is -2.29. The largest absolute Gasteiger partial charge is 0.490 e. The number of hydrogen-bond acceptors (Lipinski definition) is 4. The lowest BCUT2D eigenvalue weighted by Gasteiger charge is -2.18. The van der Waals surface area contributed by atoms with E-state index in [1.54, 1.807) is 25.2 Å². The molecule has 1 aromatic rings. The van der Waals surface area contributed by atoms with Crippen LogP contribution in [-0.2, 0) is 4.79 Å². The molecule has 0 heterocycles. The van der Waals surface area contributed by atoms with Crippen molar-refractivity contribution < 1.29 is 24.2 Å². The van der Waals surface area contributed by atoms with Gasteiger partial charge in [0, 0.05) is 19.2 Å². The number of amides is 1. The second-order valence-corrected chi connectivity index (χ2v) is 4.81. The minimum atomic E-state index is -0.932. The molecule has 1 N–H and O–H groups in total. The summed E-state index contributed by atoms with van der Waals surface area (Å²) in [5.41, 5.74) is 0.445. The van der Waals surface area contributed by atoms with Crippen molar-refractivity contribution in [3.05, 3.63) is 23.8 Å². The highest BCUT2D eigenvalue weighted by Crippen LogP contribution is 2.29. The van der Waals surface area contributed by atoms with E-state index < -0.39 is 5.97 Å². The summed E-state index contributed by atoms with van der Waals surface area (Å²) in [6, 6.07) is 5.00. The molecule has 1 aromatic carbocycles. The van der Waals surface area contributed by atoms with Crippen LogP contribution in [0, 0.1) is 0 Å². The number of carboxylic acid groups (broad SMARTS) is 1. The zero-order valence-corrected chi connectivity index (χ0v) is 13.3. The van der Waals surface area contributed by atoms with Crippen LogP contribution in [0.3, 0.4) is 0 Å². The predicted octanol–water partition coefficient (Wildman–Crippen LogP) is 2.42. The Morgan fingerprint density at radius 2 is 1.91 bits per heavy atom. The zero-order chi connectivity index (χ0) is 16.5. The Bertz CT molecular complexity index is 515. The number of ether oxygens (including phenoxy) is 2. The maximum atomic E-state index is 12.3. The van der Waals surface area contributed by atoms with Gasteiger partial charge in [0.2, 0.25) is 0 Å². The molecular formula is C16H23NO5. The number of carbonyl (C=O) groups excluding carboxylic acids is 1. The van der Waals surface area contributed by atoms with Gasteiger partial charge < -0.3 is 19.5 Å². The molecule has 1 amide bonds. The summed E-state index contributed by atoms with van der Waals surface area (Å²) < 4.78 is 11.1. The molecular weight excluding hydrogens is 286 g/mol. The van der Waals surface area contributed by atoms with E-state index in [4.69, 9.17) is 14.6 Å². The smallest absolute Gasteiger partial charge is 0.305 e. The molecule has 0 unspecified atom stereocenters. The maximum Gasteiger partial charge on any atom is 0.305 e. The van der Waals surface area contributed by atoms with E-state index in [1.807, 2.05) is 13.8 Å². The highest BCUT2D eigenvalue weighted by Gasteiger charge is 2.16. The summed E-state index contributed by atoms with van der Waals surface area (Å²) in [5, 5.41) is 8.67. The maximum absolute atomic E-state index is 12.3. The van der Waals surface area contributed by atoms with Crippen LogP contribution >= 0.6 is 0 Å². The first-order valence-corrected chi connectivity index (χ1v) is 7.36. The van der Waals surface area contributed by atoms with Gasteiger partial charge in [-0.05, 0) is 31.5 Å². The number of nitrogens with zero attached hydrogens (tertiary/aromatic N) is 1. The Morgan fingerprint density at radius 1 is 1.18 bits per heavy atom. The minimum Gasteiger partial charge on any atom is -0.490 e. The molecule has 122 valence electrons. The number of carboxylic acids is 1. The molecule has 0 bridgehead atoms. The molecule has 0 saturated heterocycles. The fourth-order valence-corrected chi connectivity index (χ4v) is 1.83. The Hall–Kier alpha value is -2.24. The molecule has 6 heteroatoms. The number of hydrogen-bond donors (Lipinski definition) is 1. The molecule has 0 fully saturated rings. The van der Waals surface area contributed by atoms with Crippen LogP contribution < -0.4 is 9.47 Å². The summed E-state index contributed by atoms with van der Waals surface area (Å²) >= 11 is 0. The summed E-state index contributed by atoms with van der Waals surface area (Å²) in [5.74, 6) is -0.0518. The zero-order valence-electron chi connectivity index (χ0n) is 13.3. The first kappa shape index (κ1) is 17.8. The fourth-order valence-electron chi connectivity index (χ4n) is 1.83. The fraction of sp³-hybridized carbons (Fsp3) is 0.500. The van der Waals surface area contributed by atoms with E-state index >= 15 is 0 Å². The van der Waals surface area contributed by atoms with Crippen LogP contribution in [0.5, 0.6) is 11.5 Å². The average Bonchev–Trinajstić information content (AvgIpc) is 2.50. The Kier molecular flexibility index (Phi) is 7.22. The standard InChI is InChI=1S/C16H23NO5/c1-4-10-22-13-7-6-12(11-14(13)21-5-2)16(20)17(3)9-8-15(18)19/h6-7,11H,4-5,8-10H2,1-3H3,(H,18,19). The molecule has 0 radical (unpaired) electrons. The molecule has 0 aliphatic rings. The Balaban J connectivity index is 2.87. The number of benzene rings is 1. The minimum absolute atomic E-state index is 0.0851. The van der Waals surface area contributed by atoms with Crippen molar-refractivity contribution in [1.29, 1.82) is 0 Å². The second kappa shape index (κ2) is 8.92. The molecule has 0 aliphatic heterocycles. The first-order valence-electron chi connectivity index (χ1n) is 7.36. The average molecular weight is 309 g/mol. The van der Waals surface area contributed by atoms with Crippen molar-refractivity contribution in [2.45, 2.75) is 26.7 Å². The Labute approximate surface area is 130 Å². The molecule has 0 aliphatic carbocycles. The third-order valence-corrected chi connectivity index (χ3v) is 2.96. The van der Waals surface area contributed by atoms with Gasteiger partial charge in [0.25, 0.3) is 5.91 Å². The number of carbonyl (C=O) groups is 2. The van der Waals surface area contributed by atoms with E-state index in [-0.39, 0.29) is 18.9 Å². The van der Waals surface area contributed by atoms with Crippen LogP contribution in [-0.4, -0.2) is 48.7 Å². The molecule has 6 nitrogen and oxygen atoms in total. The highest BCUT2D eigenvalue weighted by molar-refractivity contribution is 5.95. The van der Waals surface area contributed by atoms with Crippen molar-refractivity contribution in [1.82, 2.24) is 4.90 Å².